The van der Waals surface area contributed by atoms with E-state index in [-0.39, 0.29) is 12.5 Å². The fourth-order valence-corrected chi connectivity index (χ4v) is 3.40. The molecule has 3 heteroatoms. The molecule has 2 rings (SSSR count). The van der Waals surface area contributed by atoms with Gasteiger partial charge in [-0.3, -0.25) is 0 Å². The number of aliphatic hydroxyl groups is 1. The van der Waals surface area contributed by atoms with Gasteiger partial charge in [-0.1, -0.05) is 24.6 Å². The first-order chi connectivity index (χ1) is 9.15. The molecule has 0 fully saturated rings. The van der Waals surface area contributed by atoms with Crippen molar-refractivity contribution in [3.05, 3.63) is 33.8 Å². The zero-order chi connectivity index (χ0) is 13.8. The van der Waals surface area contributed by atoms with E-state index < -0.39 is 0 Å². The Morgan fingerprint density at radius 3 is 2.47 bits per heavy atom. The van der Waals surface area contributed by atoms with Crippen molar-refractivity contribution in [1.29, 1.82) is 0 Å². The maximum Gasteiger partial charge on any atom is 0.0471 e. The Morgan fingerprint density at radius 1 is 1.26 bits per heavy atom. The molecule has 2 unspecified atom stereocenters. The third kappa shape index (κ3) is 3.50. The molecule has 0 spiro atoms. The van der Waals surface area contributed by atoms with Crippen molar-refractivity contribution in [2.45, 2.75) is 44.9 Å². The third-order valence-corrected chi connectivity index (χ3v) is 4.60. The zero-order valence-corrected chi connectivity index (χ0v) is 12.4. The van der Waals surface area contributed by atoms with E-state index in [2.05, 4.69) is 19.1 Å². The monoisotopic (exact) mass is 281 g/mol. The summed E-state index contributed by atoms with van der Waals surface area (Å²) in [5.74, 6) is 0.516. The zero-order valence-electron chi connectivity index (χ0n) is 11.7. The standard InChI is InChI=1S/C16H24ClNO/c1-11(6-12(9-18)10-19)15-7-13-4-2-3-5-14(13)8-16(15)17/h7-8,11-12,19H,2-6,9-10,18H2,1H3. The van der Waals surface area contributed by atoms with Crippen LogP contribution in [0.25, 0.3) is 0 Å². The molecule has 1 aromatic rings. The molecule has 1 aliphatic rings. The molecule has 0 saturated heterocycles. The van der Waals surface area contributed by atoms with Crippen molar-refractivity contribution in [2.24, 2.45) is 11.7 Å². The van der Waals surface area contributed by atoms with Crippen LogP contribution in [0.3, 0.4) is 0 Å². The topological polar surface area (TPSA) is 46.2 Å². The highest BCUT2D eigenvalue weighted by molar-refractivity contribution is 6.31. The van der Waals surface area contributed by atoms with Gasteiger partial charge in [0.05, 0.1) is 0 Å². The normalized spacial score (nSPS) is 17.9. The highest BCUT2D eigenvalue weighted by atomic mass is 35.5. The molecule has 0 aromatic heterocycles. The summed E-state index contributed by atoms with van der Waals surface area (Å²) < 4.78 is 0. The summed E-state index contributed by atoms with van der Waals surface area (Å²) in [5, 5.41) is 10.1. The minimum atomic E-state index is 0.156. The lowest BCUT2D eigenvalue weighted by Gasteiger charge is -2.23. The van der Waals surface area contributed by atoms with E-state index in [1.807, 2.05) is 0 Å². The van der Waals surface area contributed by atoms with Gasteiger partial charge in [-0.15, -0.1) is 0 Å². The molecule has 0 bridgehead atoms. The Labute approximate surface area is 121 Å². The van der Waals surface area contributed by atoms with Crippen LogP contribution in [0.5, 0.6) is 0 Å². The van der Waals surface area contributed by atoms with E-state index in [9.17, 15) is 5.11 Å². The molecule has 0 aliphatic heterocycles. The predicted molar refractivity (Wildman–Crippen MR) is 80.8 cm³/mol. The predicted octanol–water partition coefficient (Wildman–Crippen LogP) is 3.28. The van der Waals surface area contributed by atoms with Gasteiger partial charge in [0.15, 0.2) is 0 Å². The van der Waals surface area contributed by atoms with Gasteiger partial charge in [0, 0.05) is 11.6 Å². The summed E-state index contributed by atoms with van der Waals surface area (Å²) in [6.45, 7) is 2.86. The minimum absolute atomic E-state index is 0.156. The lowest BCUT2D eigenvalue weighted by molar-refractivity contribution is 0.217. The number of hydrogen-bond acceptors (Lipinski definition) is 2. The first-order valence-electron chi connectivity index (χ1n) is 7.27. The maximum atomic E-state index is 9.27. The number of aliphatic hydroxyl groups excluding tert-OH is 1. The molecule has 1 aromatic carbocycles. The van der Waals surface area contributed by atoms with Gasteiger partial charge in [0.25, 0.3) is 0 Å². The van der Waals surface area contributed by atoms with Gasteiger partial charge in [0.1, 0.15) is 0 Å². The summed E-state index contributed by atoms with van der Waals surface area (Å²) >= 11 is 6.43. The van der Waals surface area contributed by atoms with Gasteiger partial charge in [0.2, 0.25) is 0 Å². The number of halogens is 1. The first-order valence-corrected chi connectivity index (χ1v) is 7.65. The summed E-state index contributed by atoms with van der Waals surface area (Å²) in [6.07, 6.45) is 5.78. The quantitative estimate of drug-likeness (QED) is 0.870. The highest BCUT2D eigenvalue weighted by Crippen LogP contribution is 2.34. The highest BCUT2D eigenvalue weighted by Gasteiger charge is 2.18. The van der Waals surface area contributed by atoms with Gasteiger partial charge < -0.3 is 10.8 Å². The van der Waals surface area contributed by atoms with E-state index in [0.29, 0.717) is 12.5 Å². The molecule has 19 heavy (non-hydrogen) atoms. The van der Waals surface area contributed by atoms with Crippen LogP contribution in [-0.2, 0) is 12.8 Å². The second-order valence-electron chi connectivity index (χ2n) is 5.77. The summed E-state index contributed by atoms with van der Waals surface area (Å²) in [5.41, 5.74) is 9.77. The van der Waals surface area contributed by atoms with Crippen molar-refractivity contribution in [1.82, 2.24) is 0 Å². The van der Waals surface area contributed by atoms with Crippen LogP contribution in [0.2, 0.25) is 5.02 Å². The van der Waals surface area contributed by atoms with E-state index in [1.54, 1.807) is 0 Å². The lowest BCUT2D eigenvalue weighted by atomic mass is 9.85. The fraction of sp³-hybridized carbons (Fsp3) is 0.625. The minimum Gasteiger partial charge on any atom is -0.396 e. The molecule has 0 saturated carbocycles. The Hall–Kier alpha value is -0.570. The summed E-state index contributed by atoms with van der Waals surface area (Å²) in [7, 11) is 0. The Bertz CT molecular complexity index is 429. The molecule has 0 amide bonds. The molecule has 106 valence electrons. The first kappa shape index (κ1) is 14.8. The van der Waals surface area contributed by atoms with E-state index >= 15 is 0 Å². The molecular formula is C16H24ClNO. The van der Waals surface area contributed by atoms with E-state index in [4.69, 9.17) is 17.3 Å². The second kappa shape index (κ2) is 6.74. The number of hydrogen-bond donors (Lipinski definition) is 2. The van der Waals surface area contributed by atoms with Crippen LogP contribution < -0.4 is 5.73 Å². The van der Waals surface area contributed by atoms with Gasteiger partial charge >= 0.3 is 0 Å². The van der Waals surface area contributed by atoms with E-state index in [0.717, 1.165) is 17.9 Å². The van der Waals surface area contributed by atoms with Crippen molar-refractivity contribution >= 4 is 11.6 Å². The van der Waals surface area contributed by atoms with E-state index in [1.165, 1.54) is 36.0 Å². The van der Waals surface area contributed by atoms with Crippen LogP contribution >= 0.6 is 11.6 Å². The summed E-state index contributed by atoms with van der Waals surface area (Å²) in [6, 6.07) is 4.44. The van der Waals surface area contributed by atoms with Gasteiger partial charge in [-0.2, -0.15) is 0 Å². The number of fused-ring (bicyclic) bond motifs is 1. The van der Waals surface area contributed by atoms with Gasteiger partial charge in [-0.05, 0) is 73.2 Å². The van der Waals surface area contributed by atoms with Crippen molar-refractivity contribution < 1.29 is 5.11 Å². The van der Waals surface area contributed by atoms with Gasteiger partial charge in [-0.25, -0.2) is 0 Å². The van der Waals surface area contributed by atoms with Crippen LogP contribution in [0.4, 0.5) is 0 Å². The smallest absolute Gasteiger partial charge is 0.0471 e. The van der Waals surface area contributed by atoms with Crippen molar-refractivity contribution in [3.63, 3.8) is 0 Å². The van der Waals surface area contributed by atoms with Crippen LogP contribution in [0, 0.1) is 5.92 Å². The largest absolute Gasteiger partial charge is 0.396 e. The average Bonchev–Trinajstić information content (AvgIpc) is 2.43. The number of benzene rings is 1. The average molecular weight is 282 g/mol. The molecular weight excluding hydrogens is 258 g/mol. The number of rotatable bonds is 5. The molecule has 0 heterocycles. The Balaban J connectivity index is 2.19. The molecule has 2 atom stereocenters. The van der Waals surface area contributed by atoms with Crippen LogP contribution in [-0.4, -0.2) is 18.3 Å². The van der Waals surface area contributed by atoms with Crippen LogP contribution in [0.15, 0.2) is 12.1 Å². The SMILES string of the molecule is CC(CC(CN)CO)c1cc2c(cc1Cl)CCCC2. The molecule has 1 aliphatic carbocycles. The number of nitrogens with two attached hydrogens (primary N) is 1. The lowest BCUT2D eigenvalue weighted by Crippen LogP contribution is -2.20. The summed E-state index contributed by atoms with van der Waals surface area (Å²) in [4.78, 5) is 0. The molecule has 3 N–H and O–H groups in total. The third-order valence-electron chi connectivity index (χ3n) is 4.27. The Kier molecular flexibility index (Phi) is 5.26. The molecule has 0 radical (unpaired) electrons. The Morgan fingerprint density at radius 2 is 1.89 bits per heavy atom. The fourth-order valence-electron chi connectivity index (χ4n) is 3.02. The maximum absolute atomic E-state index is 9.27. The van der Waals surface area contributed by atoms with Crippen molar-refractivity contribution in [3.8, 4) is 0 Å². The van der Waals surface area contributed by atoms with Crippen LogP contribution in [0.1, 0.15) is 48.8 Å². The second-order valence-corrected chi connectivity index (χ2v) is 6.18. The molecule has 2 nitrogen and oxygen atoms in total. The van der Waals surface area contributed by atoms with Crippen molar-refractivity contribution in [2.75, 3.05) is 13.2 Å². The number of aryl methyl sites for hydroxylation is 2.